The summed E-state index contributed by atoms with van der Waals surface area (Å²) >= 11 is 12.4. The van der Waals surface area contributed by atoms with Gasteiger partial charge in [0.2, 0.25) is 0 Å². The van der Waals surface area contributed by atoms with E-state index in [4.69, 9.17) is 32.7 Å². The minimum atomic E-state index is -0.248. The first-order chi connectivity index (χ1) is 11.5. The highest BCUT2D eigenvalue weighted by Gasteiger charge is 2.36. The van der Waals surface area contributed by atoms with Crippen LogP contribution in [0.4, 0.5) is 4.79 Å². The normalized spacial score (nSPS) is 18.0. The monoisotopic (exact) mass is 374 g/mol. The molecule has 0 saturated carbocycles. The Kier molecular flexibility index (Phi) is 7.16. The molecule has 5 nitrogen and oxygen atoms in total. The molecule has 0 radical (unpaired) electrons. The van der Waals surface area contributed by atoms with Crippen molar-refractivity contribution in [1.82, 2.24) is 10.6 Å². The number of methoxy groups -OCH3 is 1. The third kappa shape index (κ3) is 4.99. The van der Waals surface area contributed by atoms with Crippen LogP contribution in [0.3, 0.4) is 0 Å². The Labute approximate surface area is 153 Å². The number of ether oxygens (including phenoxy) is 2. The van der Waals surface area contributed by atoms with Gasteiger partial charge in [0, 0.05) is 42.3 Å². The summed E-state index contributed by atoms with van der Waals surface area (Å²) in [5, 5.41) is 7.05. The zero-order valence-corrected chi connectivity index (χ0v) is 15.5. The van der Waals surface area contributed by atoms with E-state index in [0.717, 1.165) is 18.4 Å². The van der Waals surface area contributed by atoms with E-state index in [-0.39, 0.29) is 17.5 Å². The average Bonchev–Trinajstić information content (AvgIpc) is 2.54. The molecule has 2 N–H and O–H groups in total. The molecule has 1 fully saturated rings. The molecule has 1 aliphatic heterocycles. The van der Waals surface area contributed by atoms with Crippen LogP contribution in [0.1, 0.15) is 25.3 Å². The fraction of sp³-hybridized carbons (Fsp3) is 0.588. The third-order valence-electron chi connectivity index (χ3n) is 4.33. The topological polar surface area (TPSA) is 59.6 Å². The molecule has 2 amide bonds. The van der Waals surface area contributed by atoms with Gasteiger partial charge in [0.25, 0.3) is 0 Å². The summed E-state index contributed by atoms with van der Waals surface area (Å²) in [6, 6.07) is 5.26. The molecule has 0 spiro atoms. The molecule has 24 heavy (non-hydrogen) atoms. The fourth-order valence-corrected chi connectivity index (χ4v) is 3.65. The first kappa shape index (κ1) is 19.3. The van der Waals surface area contributed by atoms with Gasteiger partial charge in [-0.05, 0) is 37.5 Å². The van der Waals surface area contributed by atoms with Crippen molar-refractivity contribution in [3.63, 3.8) is 0 Å². The van der Waals surface area contributed by atoms with Crippen molar-refractivity contribution in [2.75, 3.05) is 33.5 Å². The van der Waals surface area contributed by atoms with Crippen LogP contribution in [0.25, 0.3) is 0 Å². The molecule has 1 atom stereocenters. The summed E-state index contributed by atoms with van der Waals surface area (Å²) in [5.74, 6) is 0. The van der Waals surface area contributed by atoms with Crippen LogP contribution in [0, 0.1) is 0 Å². The van der Waals surface area contributed by atoms with Gasteiger partial charge in [0.05, 0.1) is 12.6 Å². The van der Waals surface area contributed by atoms with Gasteiger partial charge in [0.1, 0.15) is 0 Å². The van der Waals surface area contributed by atoms with Gasteiger partial charge < -0.3 is 20.1 Å². The van der Waals surface area contributed by atoms with Crippen molar-refractivity contribution in [2.45, 2.75) is 31.2 Å². The zero-order chi connectivity index (χ0) is 17.6. The lowest BCUT2D eigenvalue weighted by molar-refractivity contribution is 0.0506. The van der Waals surface area contributed by atoms with Crippen molar-refractivity contribution in [3.05, 3.63) is 33.8 Å². The van der Waals surface area contributed by atoms with E-state index in [1.165, 1.54) is 0 Å². The van der Waals surface area contributed by atoms with Crippen molar-refractivity contribution < 1.29 is 14.3 Å². The summed E-state index contributed by atoms with van der Waals surface area (Å²) in [5.41, 5.74) is 0.754. The SMILES string of the molecule is COCC(C)NC(=O)NCC1(c2ccc(Cl)cc2Cl)CCOCC1. The van der Waals surface area contributed by atoms with Crippen molar-refractivity contribution >= 4 is 29.2 Å². The van der Waals surface area contributed by atoms with E-state index >= 15 is 0 Å². The quantitative estimate of drug-likeness (QED) is 0.802. The summed E-state index contributed by atoms with van der Waals surface area (Å²) in [6.07, 6.45) is 1.59. The van der Waals surface area contributed by atoms with E-state index in [1.807, 2.05) is 19.1 Å². The molecule has 1 aromatic carbocycles. The number of benzene rings is 1. The molecule has 134 valence electrons. The van der Waals surface area contributed by atoms with E-state index in [0.29, 0.717) is 36.4 Å². The van der Waals surface area contributed by atoms with E-state index in [1.54, 1.807) is 13.2 Å². The van der Waals surface area contributed by atoms with Crippen LogP contribution in [0.2, 0.25) is 10.0 Å². The Hall–Kier alpha value is -1.01. The number of nitrogens with one attached hydrogen (secondary N) is 2. The summed E-state index contributed by atoms with van der Waals surface area (Å²) < 4.78 is 10.5. The van der Waals surface area contributed by atoms with Crippen molar-refractivity contribution in [2.24, 2.45) is 0 Å². The van der Waals surface area contributed by atoms with Crippen molar-refractivity contribution in [1.29, 1.82) is 0 Å². The number of hydrogen-bond acceptors (Lipinski definition) is 3. The summed E-state index contributed by atoms with van der Waals surface area (Å²) in [4.78, 5) is 12.1. The number of rotatable bonds is 6. The Balaban J connectivity index is 2.09. The average molecular weight is 375 g/mol. The Morgan fingerprint density at radius 2 is 2.08 bits per heavy atom. The first-order valence-electron chi connectivity index (χ1n) is 8.03. The van der Waals surface area contributed by atoms with Crippen LogP contribution in [0.15, 0.2) is 18.2 Å². The number of hydrogen-bond donors (Lipinski definition) is 2. The lowest BCUT2D eigenvalue weighted by atomic mass is 9.74. The number of carbonyl (C=O) groups excluding carboxylic acids is 1. The van der Waals surface area contributed by atoms with Crippen LogP contribution >= 0.6 is 23.2 Å². The first-order valence-corrected chi connectivity index (χ1v) is 8.79. The highest BCUT2D eigenvalue weighted by atomic mass is 35.5. The van der Waals surface area contributed by atoms with Gasteiger partial charge >= 0.3 is 6.03 Å². The Bertz CT molecular complexity index is 563. The second-order valence-electron chi connectivity index (χ2n) is 6.20. The molecule has 0 aromatic heterocycles. The van der Waals surface area contributed by atoms with Crippen LogP contribution in [-0.4, -0.2) is 45.5 Å². The number of halogens is 2. The van der Waals surface area contributed by atoms with Gasteiger partial charge in [-0.25, -0.2) is 4.79 Å². The third-order valence-corrected chi connectivity index (χ3v) is 4.88. The molecule has 1 unspecified atom stereocenters. The van der Waals surface area contributed by atoms with Gasteiger partial charge in [0.15, 0.2) is 0 Å². The predicted molar refractivity (Wildman–Crippen MR) is 96.1 cm³/mol. The molecule has 0 bridgehead atoms. The molecule has 1 heterocycles. The van der Waals surface area contributed by atoms with Crippen LogP contribution in [-0.2, 0) is 14.9 Å². The number of carbonyl (C=O) groups is 1. The molecular formula is C17H24Cl2N2O3. The fourth-order valence-electron chi connectivity index (χ4n) is 3.04. The standard InChI is InChI=1S/C17H24Cl2N2O3/c1-12(10-23-2)21-16(22)20-11-17(5-7-24-8-6-17)14-4-3-13(18)9-15(14)19/h3-4,9,12H,5-8,10-11H2,1-2H3,(H2,20,21,22). The molecular weight excluding hydrogens is 351 g/mol. The lowest BCUT2D eigenvalue weighted by Crippen LogP contribution is -2.49. The molecule has 7 heteroatoms. The highest BCUT2D eigenvalue weighted by Crippen LogP contribution is 2.39. The van der Waals surface area contributed by atoms with Gasteiger partial charge in [-0.15, -0.1) is 0 Å². The minimum absolute atomic E-state index is 0.0558. The largest absolute Gasteiger partial charge is 0.383 e. The zero-order valence-electron chi connectivity index (χ0n) is 14.0. The summed E-state index contributed by atoms with van der Waals surface area (Å²) in [7, 11) is 1.61. The number of amides is 2. The Morgan fingerprint density at radius 3 is 2.71 bits per heavy atom. The van der Waals surface area contributed by atoms with E-state index < -0.39 is 0 Å². The van der Waals surface area contributed by atoms with Gasteiger partial charge in [-0.3, -0.25) is 0 Å². The second kappa shape index (κ2) is 8.90. The lowest BCUT2D eigenvalue weighted by Gasteiger charge is -2.38. The maximum atomic E-state index is 12.1. The smallest absolute Gasteiger partial charge is 0.315 e. The van der Waals surface area contributed by atoms with Gasteiger partial charge in [-0.2, -0.15) is 0 Å². The highest BCUT2D eigenvalue weighted by molar-refractivity contribution is 6.35. The van der Waals surface area contributed by atoms with E-state index in [9.17, 15) is 4.79 Å². The Morgan fingerprint density at radius 1 is 1.38 bits per heavy atom. The minimum Gasteiger partial charge on any atom is -0.383 e. The van der Waals surface area contributed by atoms with Crippen molar-refractivity contribution in [3.8, 4) is 0 Å². The van der Waals surface area contributed by atoms with E-state index in [2.05, 4.69) is 10.6 Å². The molecule has 0 aliphatic carbocycles. The predicted octanol–water partition coefficient (Wildman–Crippen LogP) is 3.38. The number of urea groups is 1. The molecule has 1 aliphatic rings. The van der Waals surface area contributed by atoms with Gasteiger partial charge in [-0.1, -0.05) is 29.3 Å². The molecule has 2 rings (SSSR count). The van der Waals surface area contributed by atoms with Crippen LogP contribution < -0.4 is 10.6 Å². The molecule has 1 saturated heterocycles. The second-order valence-corrected chi connectivity index (χ2v) is 7.04. The molecule has 1 aromatic rings. The maximum Gasteiger partial charge on any atom is 0.315 e. The maximum absolute atomic E-state index is 12.1. The van der Waals surface area contributed by atoms with Crippen LogP contribution in [0.5, 0.6) is 0 Å². The summed E-state index contributed by atoms with van der Waals surface area (Å²) in [6.45, 7) is 4.13.